The number of nitrogens with one attached hydrogen (secondary N) is 1. The lowest BCUT2D eigenvalue weighted by molar-refractivity contribution is -0.130. The van der Waals surface area contributed by atoms with Gasteiger partial charge in [0.15, 0.2) is 0 Å². The van der Waals surface area contributed by atoms with Gasteiger partial charge in [-0.1, -0.05) is 0 Å². The minimum Gasteiger partial charge on any atom is -0.376 e. The average molecular weight is 368 g/mol. The van der Waals surface area contributed by atoms with Crippen molar-refractivity contribution in [2.75, 3.05) is 44.3 Å². The lowest BCUT2D eigenvalue weighted by Crippen LogP contribution is -2.51. The van der Waals surface area contributed by atoms with Crippen LogP contribution in [0.15, 0.2) is 18.2 Å². The molecule has 24 heavy (non-hydrogen) atoms. The highest BCUT2D eigenvalue weighted by molar-refractivity contribution is 7.88. The molecule has 0 spiro atoms. The van der Waals surface area contributed by atoms with Crippen LogP contribution in [0.5, 0.6) is 0 Å². The Bertz CT molecular complexity index is 855. The van der Waals surface area contributed by atoms with E-state index >= 15 is 0 Å². The van der Waals surface area contributed by atoms with Crippen LogP contribution in [0.25, 0.3) is 10.2 Å². The highest BCUT2D eigenvalue weighted by atomic mass is 32.2. The molecule has 1 aliphatic heterocycles. The van der Waals surface area contributed by atoms with Crippen LogP contribution in [0.3, 0.4) is 0 Å². The van der Waals surface area contributed by atoms with E-state index in [2.05, 4.69) is 10.3 Å². The summed E-state index contributed by atoms with van der Waals surface area (Å²) in [5.74, 6) is -0.0243. The van der Waals surface area contributed by atoms with E-state index in [1.165, 1.54) is 10.6 Å². The van der Waals surface area contributed by atoms with E-state index in [4.69, 9.17) is 0 Å². The zero-order chi connectivity index (χ0) is 17.3. The first-order valence-electron chi connectivity index (χ1n) is 7.67. The Hall–Kier alpha value is -1.71. The van der Waals surface area contributed by atoms with Crippen molar-refractivity contribution in [1.29, 1.82) is 0 Å². The number of anilines is 1. The minimum absolute atomic E-state index is 0.0243. The molecule has 2 aromatic rings. The SMILES string of the molecule is Cc1nc2ccc(NCC(=O)N3CCN(S(C)(=O)=O)CC3)cc2s1. The molecule has 0 bridgehead atoms. The van der Waals surface area contributed by atoms with E-state index in [9.17, 15) is 13.2 Å². The molecule has 1 N–H and O–H groups in total. The number of sulfonamides is 1. The van der Waals surface area contributed by atoms with Gasteiger partial charge in [0.1, 0.15) is 0 Å². The Kier molecular flexibility index (Phi) is 4.75. The molecule has 0 unspecified atom stereocenters. The number of carbonyl (C=O) groups excluding carboxylic acids is 1. The van der Waals surface area contributed by atoms with Crippen molar-refractivity contribution in [1.82, 2.24) is 14.2 Å². The fourth-order valence-electron chi connectivity index (χ4n) is 2.71. The molecule has 0 aliphatic carbocycles. The molecule has 0 atom stereocenters. The third-order valence-electron chi connectivity index (χ3n) is 4.00. The van der Waals surface area contributed by atoms with Crippen molar-refractivity contribution in [2.24, 2.45) is 0 Å². The van der Waals surface area contributed by atoms with Gasteiger partial charge in [-0.2, -0.15) is 4.31 Å². The molecule has 7 nitrogen and oxygen atoms in total. The lowest BCUT2D eigenvalue weighted by atomic mass is 10.3. The Morgan fingerprint density at radius 2 is 2.00 bits per heavy atom. The first-order valence-corrected chi connectivity index (χ1v) is 10.3. The summed E-state index contributed by atoms with van der Waals surface area (Å²) < 4.78 is 25.5. The number of rotatable bonds is 4. The van der Waals surface area contributed by atoms with Gasteiger partial charge in [-0.25, -0.2) is 13.4 Å². The monoisotopic (exact) mass is 368 g/mol. The predicted octanol–water partition coefficient (Wildman–Crippen LogP) is 1.12. The number of nitrogens with zero attached hydrogens (tertiary/aromatic N) is 3. The molecule has 1 aromatic carbocycles. The number of fused-ring (bicyclic) bond motifs is 1. The summed E-state index contributed by atoms with van der Waals surface area (Å²) >= 11 is 1.62. The number of hydrogen-bond acceptors (Lipinski definition) is 6. The van der Waals surface area contributed by atoms with Crippen LogP contribution in [0.1, 0.15) is 5.01 Å². The van der Waals surface area contributed by atoms with Crippen LogP contribution >= 0.6 is 11.3 Å². The molecule has 1 amide bonds. The number of aromatic nitrogens is 1. The first kappa shape index (κ1) is 17.1. The normalized spacial score (nSPS) is 16.5. The molecule has 3 rings (SSSR count). The van der Waals surface area contributed by atoms with Gasteiger partial charge >= 0.3 is 0 Å². The fourth-order valence-corrected chi connectivity index (χ4v) is 4.40. The fraction of sp³-hybridized carbons (Fsp3) is 0.467. The highest BCUT2D eigenvalue weighted by Gasteiger charge is 2.25. The number of piperazine rings is 1. The van der Waals surface area contributed by atoms with Gasteiger partial charge in [0, 0.05) is 31.9 Å². The number of amides is 1. The zero-order valence-electron chi connectivity index (χ0n) is 13.7. The third-order valence-corrected chi connectivity index (χ3v) is 6.24. The number of aryl methyl sites for hydroxylation is 1. The van der Waals surface area contributed by atoms with Crippen molar-refractivity contribution in [3.63, 3.8) is 0 Å². The maximum absolute atomic E-state index is 12.3. The number of thiazole rings is 1. The Morgan fingerprint density at radius 3 is 2.67 bits per heavy atom. The van der Waals surface area contributed by atoms with Gasteiger partial charge in [0.2, 0.25) is 15.9 Å². The summed E-state index contributed by atoms with van der Waals surface area (Å²) in [7, 11) is -3.17. The van der Waals surface area contributed by atoms with Gasteiger partial charge in [0.25, 0.3) is 0 Å². The molecule has 9 heteroatoms. The van der Waals surface area contributed by atoms with Crippen molar-refractivity contribution < 1.29 is 13.2 Å². The number of carbonyl (C=O) groups is 1. The molecule has 1 aliphatic rings. The maximum Gasteiger partial charge on any atom is 0.241 e. The van der Waals surface area contributed by atoms with E-state index < -0.39 is 10.0 Å². The minimum atomic E-state index is -3.17. The van der Waals surface area contributed by atoms with Gasteiger partial charge in [0.05, 0.1) is 28.0 Å². The summed E-state index contributed by atoms with van der Waals surface area (Å²) in [6.07, 6.45) is 1.20. The summed E-state index contributed by atoms with van der Waals surface area (Å²) in [5, 5.41) is 4.16. The molecular formula is C15H20N4O3S2. The average Bonchev–Trinajstić information content (AvgIpc) is 2.91. The van der Waals surface area contributed by atoms with Crippen molar-refractivity contribution in [3.8, 4) is 0 Å². The first-order chi connectivity index (χ1) is 11.3. The largest absolute Gasteiger partial charge is 0.376 e. The van der Waals surface area contributed by atoms with Gasteiger partial charge in [-0.3, -0.25) is 4.79 Å². The Balaban J connectivity index is 1.55. The van der Waals surface area contributed by atoms with Gasteiger partial charge in [-0.05, 0) is 25.1 Å². The maximum atomic E-state index is 12.3. The standard InChI is InChI=1S/C15H20N4O3S2/c1-11-17-13-4-3-12(9-14(13)23-11)16-10-15(20)18-5-7-19(8-6-18)24(2,21)22/h3-4,9,16H,5-8,10H2,1-2H3. The lowest BCUT2D eigenvalue weighted by Gasteiger charge is -2.33. The summed E-state index contributed by atoms with van der Waals surface area (Å²) in [5.41, 5.74) is 1.85. The van der Waals surface area contributed by atoms with Crippen molar-refractivity contribution >= 4 is 43.2 Å². The third kappa shape index (κ3) is 3.85. The molecule has 0 saturated carbocycles. The van der Waals surface area contributed by atoms with Crippen LogP contribution < -0.4 is 5.32 Å². The number of benzene rings is 1. The molecule has 1 saturated heterocycles. The van der Waals surface area contributed by atoms with Crippen molar-refractivity contribution in [2.45, 2.75) is 6.92 Å². The van der Waals surface area contributed by atoms with E-state index in [1.54, 1.807) is 16.2 Å². The van der Waals surface area contributed by atoms with E-state index in [0.29, 0.717) is 26.2 Å². The van der Waals surface area contributed by atoms with Crippen LogP contribution in [-0.4, -0.2) is 67.5 Å². The molecule has 0 radical (unpaired) electrons. The zero-order valence-corrected chi connectivity index (χ0v) is 15.3. The second-order valence-electron chi connectivity index (χ2n) is 5.81. The molecular weight excluding hydrogens is 348 g/mol. The summed E-state index contributed by atoms with van der Waals surface area (Å²) in [6.45, 7) is 3.74. The molecule has 1 fully saturated rings. The van der Waals surface area contributed by atoms with E-state index in [-0.39, 0.29) is 12.5 Å². The molecule has 1 aromatic heterocycles. The quantitative estimate of drug-likeness (QED) is 0.874. The van der Waals surface area contributed by atoms with E-state index in [1.807, 2.05) is 25.1 Å². The molecule has 2 heterocycles. The smallest absolute Gasteiger partial charge is 0.241 e. The van der Waals surface area contributed by atoms with E-state index in [0.717, 1.165) is 20.9 Å². The van der Waals surface area contributed by atoms with Crippen LogP contribution in [0, 0.1) is 6.92 Å². The Labute approximate surface area is 145 Å². The second kappa shape index (κ2) is 6.66. The van der Waals surface area contributed by atoms with Crippen LogP contribution in [0.4, 0.5) is 5.69 Å². The number of hydrogen-bond donors (Lipinski definition) is 1. The Morgan fingerprint density at radius 1 is 1.29 bits per heavy atom. The highest BCUT2D eigenvalue weighted by Crippen LogP contribution is 2.24. The summed E-state index contributed by atoms with van der Waals surface area (Å²) in [4.78, 5) is 18.4. The van der Waals surface area contributed by atoms with Crippen molar-refractivity contribution in [3.05, 3.63) is 23.2 Å². The van der Waals surface area contributed by atoms with Crippen LogP contribution in [-0.2, 0) is 14.8 Å². The molecule has 130 valence electrons. The topological polar surface area (TPSA) is 82.6 Å². The summed E-state index contributed by atoms with van der Waals surface area (Å²) in [6, 6.07) is 5.85. The van der Waals surface area contributed by atoms with Gasteiger partial charge < -0.3 is 10.2 Å². The predicted molar refractivity (Wildman–Crippen MR) is 95.8 cm³/mol. The van der Waals surface area contributed by atoms with Gasteiger partial charge in [-0.15, -0.1) is 11.3 Å². The second-order valence-corrected chi connectivity index (χ2v) is 9.03. The van der Waals surface area contributed by atoms with Crippen LogP contribution in [0.2, 0.25) is 0 Å².